The molecule has 2 rings (SSSR count). The Morgan fingerprint density at radius 1 is 1.05 bits per heavy atom. The Morgan fingerprint density at radius 2 is 1.80 bits per heavy atom. The average molecular weight is 279 g/mol. The minimum Gasteiger partial charge on any atom is -0.508 e. The topological polar surface area (TPSA) is 53.2 Å². The number of phenolic OH excluding ortho intramolecular Hbond substituents is 1. The molecule has 0 unspecified atom stereocenters. The highest BCUT2D eigenvalue weighted by molar-refractivity contribution is 5.68. The third kappa shape index (κ3) is 3.42. The molecular formula is C14H8F3NO2. The van der Waals surface area contributed by atoms with E-state index < -0.39 is 6.36 Å². The molecule has 0 atom stereocenters. The molecular weight excluding hydrogens is 271 g/mol. The zero-order valence-electron chi connectivity index (χ0n) is 9.98. The monoisotopic (exact) mass is 279 g/mol. The van der Waals surface area contributed by atoms with Crippen molar-refractivity contribution in [2.45, 2.75) is 6.36 Å². The summed E-state index contributed by atoms with van der Waals surface area (Å²) in [4.78, 5) is 0. The third-order valence-electron chi connectivity index (χ3n) is 2.45. The van der Waals surface area contributed by atoms with Crippen molar-refractivity contribution in [1.29, 1.82) is 5.26 Å². The fourth-order valence-corrected chi connectivity index (χ4v) is 1.72. The zero-order valence-corrected chi connectivity index (χ0v) is 9.98. The van der Waals surface area contributed by atoms with Crippen LogP contribution in [0.4, 0.5) is 13.2 Å². The van der Waals surface area contributed by atoms with Crippen LogP contribution in [0, 0.1) is 11.3 Å². The van der Waals surface area contributed by atoms with Gasteiger partial charge in [0.25, 0.3) is 0 Å². The highest BCUT2D eigenvalue weighted by Gasteiger charge is 2.31. The molecule has 0 fully saturated rings. The van der Waals surface area contributed by atoms with Crippen molar-refractivity contribution in [1.82, 2.24) is 0 Å². The molecule has 0 amide bonds. The number of nitriles is 1. The van der Waals surface area contributed by atoms with Gasteiger partial charge in [-0.25, -0.2) is 0 Å². The fourth-order valence-electron chi connectivity index (χ4n) is 1.72. The number of hydrogen-bond acceptors (Lipinski definition) is 3. The number of nitrogens with zero attached hydrogens (tertiary/aromatic N) is 1. The highest BCUT2D eigenvalue weighted by Crippen LogP contribution is 2.30. The summed E-state index contributed by atoms with van der Waals surface area (Å²) in [7, 11) is 0. The van der Waals surface area contributed by atoms with Crippen molar-refractivity contribution < 1.29 is 23.0 Å². The molecule has 0 saturated heterocycles. The quantitative estimate of drug-likeness (QED) is 0.908. The van der Waals surface area contributed by atoms with Gasteiger partial charge in [0.1, 0.15) is 11.5 Å². The van der Waals surface area contributed by atoms with E-state index in [1.807, 2.05) is 6.07 Å². The summed E-state index contributed by atoms with van der Waals surface area (Å²) in [5.74, 6) is -0.502. The van der Waals surface area contributed by atoms with Crippen LogP contribution >= 0.6 is 0 Å². The zero-order chi connectivity index (χ0) is 14.8. The number of ether oxygens (including phenoxy) is 1. The second kappa shape index (κ2) is 5.13. The molecule has 0 aliphatic carbocycles. The molecule has 2 aromatic carbocycles. The number of aromatic hydroxyl groups is 1. The Balaban J connectivity index is 2.41. The predicted molar refractivity (Wildman–Crippen MR) is 64.9 cm³/mol. The minimum atomic E-state index is -4.77. The predicted octanol–water partition coefficient (Wildman–Crippen LogP) is 3.83. The lowest BCUT2D eigenvalue weighted by Crippen LogP contribution is -2.17. The van der Waals surface area contributed by atoms with Gasteiger partial charge in [-0.15, -0.1) is 13.2 Å². The van der Waals surface area contributed by atoms with Gasteiger partial charge in [0, 0.05) is 0 Å². The number of rotatable bonds is 2. The van der Waals surface area contributed by atoms with E-state index in [-0.39, 0.29) is 17.1 Å². The third-order valence-corrected chi connectivity index (χ3v) is 2.45. The minimum absolute atomic E-state index is 0.138. The Labute approximate surface area is 112 Å². The largest absolute Gasteiger partial charge is 0.573 e. The van der Waals surface area contributed by atoms with Crippen LogP contribution in [-0.4, -0.2) is 11.5 Å². The van der Waals surface area contributed by atoms with Crippen molar-refractivity contribution in [3.05, 3.63) is 48.0 Å². The van der Waals surface area contributed by atoms with Crippen LogP contribution in [0.1, 0.15) is 5.56 Å². The molecule has 3 nitrogen and oxygen atoms in total. The van der Waals surface area contributed by atoms with E-state index in [9.17, 15) is 18.3 Å². The number of benzene rings is 2. The van der Waals surface area contributed by atoms with Crippen LogP contribution in [0.2, 0.25) is 0 Å². The molecule has 0 aromatic heterocycles. The molecule has 2 aromatic rings. The van der Waals surface area contributed by atoms with E-state index in [0.29, 0.717) is 11.1 Å². The van der Waals surface area contributed by atoms with E-state index in [4.69, 9.17) is 5.26 Å². The van der Waals surface area contributed by atoms with Crippen molar-refractivity contribution in [2.24, 2.45) is 0 Å². The maximum Gasteiger partial charge on any atom is 0.573 e. The van der Waals surface area contributed by atoms with Crippen LogP contribution < -0.4 is 4.74 Å². The molecule has 0 bridgehead atoms. The number of phenols is 1. The molecule has 0 spiro atoms. The first-order chi connectivity index (χ1) is 9.37. The second-order valence-corrected chi connectivity index (χ2v) is 3.96. The molecule has 102 valence electrons. The van der Waals surface area contributed by atoms with Gasteiger partial charge in [-0.05, 0) is 41.5 Å². The lowest BCUT2D eigenvalue weighted by molar-refractivity contribution is -0.274. The van der Waals surface area contributed by atoms with Gasteiger partial charge in [0.15, 0.2) is 0 Å². The molecule has 0 aliphatic heterocycles. The molecule has 0 radical (unpaired) electrons. The second-order valence-electron chi connectivity index (χ2n) is 3.96. The highest BCUT2D eigenvalue weighted by atomic mass is 19.4. The van der Waals surface area contributed by atoms with Gasteiger partial charge < -0.3 is 9.84 Å². The van der Waals surface area contributed by atoms with Crippen molar-refractivity contribution in [2.75, 3.05) is 0 Å². The smallest absolute Gasteiger partial charge is 0.508 e. The van der Waals surface area contributed by atoms with Gasteiger partial charge >= 0.3 is 6.36 Å². The molecule has 6 heteroatoms. The van der Waals surface area contributed by atoms with Gasteiger partial charge in [-0.2, -0.15) is 5.26 Å². The standard InChI is InChI=1S/C14H8F3NO2/c15-14(16,17)20-13-3-1-2-10(7-13)11-4-9(8-18)5-12(19)6-11/h1-7,19H. The summed E-state index contributed by atoms with van der Waals surface area (Å²) in [5.41, 5.74) is 1.04. The fraction of sp³-hybridized carbons (Fsp3) is 0.0714. The van der Waals surface area contributed by atoms with Crippen LogP contribution in [0.25, 0.3) is 11.1 Å². The van der Waals surface area contributed by atoms with Gasteiger partial charge in [-0.1, -0.05) is 12.1 Å². The van der Waals surface area contributed by atoms with Crippen molar-refractivity contribution >= 4 is 0 Å². The Hall–Kier alpha value is -2.68. The van der Waals surface area contributed by atoms with Gasteiger partial charge in [0.2, 0.25) is 0 Å². The van der Waals surface area contributed by atoms with Crippen LogP contribution in [-0.2, 0) is 0 Å². The lowest BCUT2D eigenvalue weighted by Gasteiger charge is -2.10. The molecule has 20 heavy (non-hydrogen) atoms. The Kier molecular flexibility index (Phi) is 3.53. The number of alkyl halides is 3. The van der Waals surface area contributed by atoms with E-state index in [1.165, 1.54) is 36.4 Å². The SMILES string of the molecule is N#Cc1cc(O)cc(-c2cccc(OC(F)(F)F)c2)c1. The van der Waals surface area contributed by atoms with E-state index in [1.54, 1.807) is 6.07 Å². The molecule has 0 aliphatic rings. The summed E-state index contributed by atoms with van der Waals surface area (Å²) in [6.07, 6.45) is -4.77. The first-order valence-electron chi connectivity index (χ1n) is 5.48. The van der Waals surface area contributed by atoms with Gasteiger partial charge in [-0.3, -0.25) is 0 Å². The molecule has 1 N–H and O–H groups in total. The summed E-state index contributed by atoms with van der Waals surface area (Å²) in [6.45, 7) is 0. The first kappa shape index (κ1) is 13.7. The van der Waals surface area contributed by atoms with Crippen molar-refractivity contribution in [3.8, 4) is 28.7 Å². The summed E-state index contributed by atoms with van der Waals surface area (Å²) in [5, 5.41) is 18.3. The van der Waals surface area contributed by atoms with Crippen LogP contribution in [0.5, 0.6) is 11.5 Å². The Bertz CT molecular complexity index is 675. The van der Waals surface area contributed by atoms with E-state index in [0.717, 1.165) is 0 Å². The van der Waals surface area contributed by atoms with E-state index in [2.05, 4.69) is 4.74 Å². The summed E-state index contributed by atoms with van der Waals surface area (Å²) < 4.78 is 40.3. The first-order valence-corrected chi connectivity index (χ1v) is 5.48. The summed E-state index contributed by atoms with van der Waals surface area (Å²) >= 11 is 0. The average Bonchev–Trinajstić information content (AvgIpc) is 2.36. The lowest BCUT2D eigenvalue weighted by atomic mass is 10.0. The van der Waals surface area contributed by atoms with Crippen LogP contribution in [0.3, 0.4) is 0 Å². The molecule has 0 saturated carbocycles. The summed E-state index contributed by atoms with van der Waals surface area (Å²) in [6, 6.07) is 11.2. The van der Waals surface area contributed by atoms with Crippen LogP contribution in [0.15, 0.2) is 42.5 Å². The maximum atomic E-state index is 12.2. The number of hydrogen-bond donors (Lipinski definition) is 1. The molecule has 0 heterocycles. The van der Waals surface area contributed by atoms with E-state index >= 15 is 0 Å². The normalized spacial score (nSPS) is 10.9. The Morgan fingerprint density at radius 3 is 2.45 bits per heavy atom. The maximum absolute atomic E-state index is 12.2. The number of halogens is 3. The van der Waals surface area contributed by atoms with Gasteiger partial charge in [0.05, 0.1) is 11.6 Å². The van der Waals surface area contributed by atoms with Crippen molar-refractivity contribution in [3.63, 3.8) is 0 Å².